The van der Waals surface area contributed by atoms with Crippen LogP contribution in [0, 0.1) is 22.6 Å². The number of hydrogen-bond acceptors (Lipinski definition) is 2. The highest BCUT2D eigenvalue weighted by Crippen LogP contribution is 2.47. The first-order chi connectivity index (χ1) is 6.68. The third kappa shape index (κ3) is 1.29. The van der Waals surface area contributed by atoms with Crippen LogP contribution in [-0.2, 0) is 0 Å². The van der Waals surface area contributed by atoms with Crippen molar-refractivity contribution in [2.24, 2.45) is 5.41 Å². The summed E-state index contributed by atoms with van der Waals surface area (Å²) in [5, 5.41) is 8.80. The van der Waals surface area contributed by atoms with Crippen LogP contribution in [-0.4, -0.2) is 5.78 Å². The van der Waals surface area contributed by atoms with Gasteiger partial charge in [0.05, 0.1) is 6.07 Å². The minimum Gasteiger partial charge on any atom is -0.292 e. The van der Waals surface area contributed by atoms with E-state index in [1.807, 2.05) is 6.07 Å². The molecule has 0 aliphatic heterocycles. The van der Waals surface area contributed by atoms with E-state index in [9.17, 15) is 9.18 Å². The fraction of sp³-hybridized carbons (Fsp3) is 0.273. The van der Waals surface area contributed by atoms with Crippen molar-refractivity contribution in [3.63, 3.8) is 0 Å². The number of carbonyl (C=O) groups excluding carboxylic acids is 1. The molecule has 1 aliphatic carbocycles. The quantitative estimate of drug-likeness (QED) is 0.670. The maximum absolute atomic E-state index is 12.6. The van der Waals surface area contributed by atoms with Gasteiger partial charge in [0.25, 0.3) is 0 Å². The normalized spacial score (nSPS) is 17.1. The maximum Gasteiger partial charge on any atom is 0.183 e. The minimum absolute atomic E-state index is 0.181. The van der Waals surface area contributed by atoms with Crippen LogP contribution >= 0.6 is 0 Å². The summed E-state index contributed by atoms with van der Waals surface area (Å²) in [4.78, 5) is 11.7. The second-order valence-corrected chi connectivity index (χ2v) is 3.53. The molecule has 1 aromatic carbocycles. The zero-order valence-corrected chi connectivity index (χ0v) is 7.46. The predicted octanol–water partition coefficient (Wildman–Crippen LogP) is 2.31. The minimum atomic E-state index is -0.808. The Labute approximate surface area is 81.0 Å². The molecule has 0 aromatic heterocycles. The highest BCUT2D eigenvalue weighted by Gasteiger charge is 2.50. The summed E-state index contributed by atoms with van der Waals surface area (Å²) >= 11 is 0. The zero-order chi connectivity index (χ0) is 10.2. The van der Waals surface area contributed by atoms with Gasteiger partial charge in [-0.3, -0.25) is 4.79 Å². The number of rotatable bonds is 2. The van der Waals surface area contributed by atoms with Crippen LogP contribution in [0.5, 0.6) is 0 Å². The number of carbonyl (C=O) groups is 1. The van der Waals surface area contributed by atoms with Gasteiger partial charge < -0.3 is 0 Å². The molecule has 2 rings (SSSR count). The molecule has 0 amide bonds. The molecule has 1 aliphatic rings. The molecule has 2 nitrogen and oxygen atoms in total. The van der Waals surface area contributed by atoms with E-state index in [0.29, 0.717) is 18.4 Å². The largest absolute Gasteiger partial charge is 0.292 e. The Morgan fingerprint density at radius 2 is 1.93 bits per heavy atom. The van der Waals surface area contributed by atoms with Gasteiger partial charge in [-0.25, -0.2) is 4.39 Å². The van der Waals surface area contributed by atoms with Gasteiger partial charge >= 0.3 is 0 Å². The molecular formula is C11H8FNO. The number of hydrogen-bond donors (Lipinski definition) is 0. The Hall–Kier alpha value is -1.69. The Morgan fingerprint density at radius 1 is 1.36 bits per heavy atom. The molecule has 70 valence electrons. The maximum atomic E-state index is 12.6. The van der Waals surface area contributed by atoms with Gasteiger partial charge in [0.1, 0.15) is 11.2 Å². The van der Waals surface area contributed by atoms with Crippen LogP contribution in [0.1, 0.15) is 23.2 Å². The molecule has 1 aromatic rings. The van der Waals surface area contributed by atoms with E-state index in [1.165, 1.54) is 24.3 Å². The van der Waals surface area contributed by atoms with Crippen LogP contribution in [0.4, 0.5) is 4.39 Å². The number of nitriles is 1. The van der Waals surface area contributed by atoms with Crippen LogP contribution in [0.25, 0.3) is 0 Å². The fourth-order valence-corrected chi connectivity index (χ4v) is 1.39. The van der Waals surface area contributed by atoms with Crippen LogP contribution in [0.15, 0.2) is 24.3 Å². The average Bonchev–Trinajstić information content (AvgIpc) is 2.99. The SMILES string of the molecule is N#CC1(C(=O)c2ccc(F)cc2)CC1. The summed E-state index contributed by atoms with van der Waals surface area (Å²) in [6.45, 7) is 0. The van der Waals surface area contributed by atoms with Crippen LogP contribution in [0.3, 0.4) is 0 Å². The van der Waals surface area contributed by atoms with E-state index in [4.69, 9.17) is 5.26 Å². The number of Topliss-reactive ketones (excluding diaryl/α,β-unsaturated/α-hetero) is 1. The third-order valence-electron chi connectivity index (χ3n) is 2.51. The smallest absolute Gasteiger partial charge is 0.183 e. The first kappa shape index (κ1) is 8.89. The monoisotopic (exact) mass is 189 g/mol. The highest BCUT2D eigenvalue weighted by molar-refractivity contribution is 6.04. The van der Waals surface area contributed by atoms with Gasteiger partial charge in [0, 0.05) is 5.56 Å². The molecule has 14 heavy (non-hydrogen) atoms. The van der Waals surface area contributed by atoms with Crippen molar-refractivity contribution >= 4 is 5.78 Å². The van der Waals surface area contributed by atoms with E-state index in [2.05, 4.69) is 0 Å². The Morgan fingerprint density at radius 3 is 2.36 bits per heavy atom. The summed E-state index contributed by atoms with van der Waals surface area (Å²) in [5.41, 5.74) is -0.386. The van der Waals surface area contributed by atoms with Gasteiger partial charge in [-0.15, -0.1) is 0 Å². The van der Waals surface area contributed by atoms with Crippen molar-refractivity contribution in [2.45, 2.75) is 12.8 Å². The van der Waals surface area contributed by atoms with Gasteiger partial charge in [-0.1, -0.05) is 0 Å². The van der Waals surface area contributed by atoms with E-state index >= 15 is 0 Å². The zero-order valence-electron chi connectivity index (χ0n) is 7.46. The van der Waals surface area contributed by atoms with Crippen molar-refractivity contribution in [3.05, 3.63) is 35.6 Å². The lowest BCUT2D eigenvalue weighted by atomic mass is 9.96. The Kier molecular flexibility index (Phi) is 1.85. The number of nitrogens with zero attached hydrogens (tertiary/aromatic N) is 1. The van der Waals surface area contributed by atoms with Crippen LogP contribution in [0.2, 0.25) is 0 Å². The second kappa shape index (κ2) is 2.91. The van der Waals surface area contributed by atoms with Crippen LogP contribution < -0.4 is 0 Å². The number of halogens is 1. The Bertz CT molecular complexity index is 412. The van der Waals surface area contributed by atoms with E-state index in [1.54, 1.807) is 0 Å². The molecule has 0 radical (unpaired) electrons. The van der Waals surface area contributed by atoms with Crippen molar-refractivity contribution in [2.75, 3.05) is 0 Å². The lowest BCUT2D eigenvalue weighted by molar-refractivity contribution is 0.0934. The fourth-order valence-electron chi connectivity index (χ4n) is 1.39. The summed E-state index contributed by atoms with van der Waals surface area (Å²) in [7, 11) is 0. The molecule has 0 heterocycles. The van der Waals surface area contributed by atoms with Gasteiger partial charge in [0.2, 0.25) is 0 Å². The molecule has 1 fully saturated rings. The summed E-state index contributed by atoms with van der Waals surface area (Å²) in [5.74, 6) is -0.552. The molecule has 0 bridgehead atoms. The lowest BCUT2D eigenvalue weighted by Crippen LogP contribution is -2.13. The summed E-state index contributed by atoms with van der Waals surface area (Å²) < 4.78 is 12.6. The Balaban J connectivity index is 2.29. The standard InChI is InChI=1S/C11H8FNO/c12-9-3-1-8(2-4-9)10(14)11(7-13)5-6-11/h1-4H,5-6H2. The van der Waals surface area contributed by atoms with E-state index in [-0.39, 0.29) is 11.6 Å². The molecule has 0 saturated heterocycles. The molecule has 1 saturated carbocycles. The van der Waals surface area contributed by atoms with Crippen molar-refractivity contribution in [1.82, 2.24) is 0 Å². The molecule has 0 atom stereocenters. The van der Waals surface area contributed by atoms with Gasteiger partial charge in [0.15, 0.2) is 5.78 Å². The first-order valence-electron chi connectivity index (χ1n) is 4.40. The lowest BCUT2D eigenvalue weighted by Gasteiger charge is -2.03. The average molecular weight is 189 g/mol. The molecular weight excluding hydrogens is 181 g/mol. The summed E-state index contributed by atoms with van der Waals surface area (Å²) in [6.07, 6.45) is 1.25. The summed E-state index contributed by atoms with van der Waals surface area (Å²) in [6, 6.07) is 7.35. The number of ketones is 1. The predicted molar refractivity (Wildman–Crippen MR) is 48.0 cm³/mol. The molecule has 0 unspecified atom stereocenters. The van der Waals surface area contributed by atoms with Crippen molar-refractivity contribution < 1.29 is 9.18 Å². The van der Waals surface area contributed by atoms with Crippen molar-refractivity contribution in [3.8, 4) is 6.07 Å². The molecule has 3 heteroatoms. The third-order valence-corrected chi connectivity index (χ3v) is 2.51. The van der Waals surface area contributed by atoms with E-state index < -0.39 is 5.41 Å². The highest BCUT2D eigenvalue weighted by atomic mass is 19.1. The topological polar surface area (TPSA) is 40.9 Å². The van der Waals surface area contributed by atoms with E-state index in [0.717, 1.165) is 0 Å². The molecule has 0 spiro atoms. The van der Waals surface area contributed by atoms with Gasteiger partial charge in [-0.2, -0.15) is 5.26 Å². The first-order valence-corrected chi connectivity index (χ1v) is 4.40. The van der Waals surface area contributed by atoms with Gasteiger partial charge in [-0.05, 0) is 37.1 Å². The van der Waals surface area contributed by atoms with Crippen molar-refractivity contribution in [1.29, 1.82) is 5.26 Å². The number of benzene rings is 1. The second-order valence-electron chi connectivity index (χ2n) is 3.53. The molecule has 0 N–H and O–H groups in total.